The van der Waals surface area contributed by atoms with Crippen LogP contribution in [-0.4, -0.2) is 13.1 Å². The molecule has 0 saturated heterocycles. The molecule has 0 spiro atoms. The van der Waals surface area contributed by atoms with Gasteiger partial charge in [0.1, 0.15) is 11.5 Å². The van der Waals surface area contributed by atoms with Crippen molar-refractivity contribution in [3.8, 4) is 11.5 Å². The highest BCUT2D eigenvalue weighted by Crippen LogP contribution is 2.34. The fourth-order valence-electron chi connectivity index (χ4n) is 2.61. The molecule has 0 amide bonds. The maximum absolute atomic E-state index is 11.9. The summed E-state index contributed by atoms with van der Waals surface area (Å²) in [5.41, 5.74) is 2.18. The smallest absolute Gasteiger partial charge is 0.311 e. The van der Waals surface area contributed by atoms with E-state index in [1.165, 1.54) is 5.56 Å². The highest BCUT2D eigenvalue weighted by molar-refractivity contribution is 5.75. The minimum absolute atomic E-state index is 0.150. The minimum atomic E-state index is -0.178. The Kier molecular flexibility index (Phi) is 3.42. The summed E-state index contributed by atoms with van der Waals surface area (Å²) < 4.78 is 10.7. The van der Waals surface area contributed by atoms with Gasteiger partial charge in [0.25, 0.3) is 0 Å². The molecule has 1 atom stereocenters. The van der Waals surface area contributed by atoms with Crippen LogP contribution in [0.4, 0.5) is 0 Å². The lowest BCUT2D eigenvalue weighted by Crippen LogP contribution is -2.10. The Morgan fingerprint density at radius 2 is 1.90 bits per heavy atom. The van der Waals surface area contributed by atoms with Gasteiger partial charge in [-0.05, 0) is 41.7 Å². The number of carbonyl (C=O) groups is 1. The number of hydrogen-bond acceptors (Lipinski definition) is 3. The average molecular weight is 268 g/mol. The number of esters is 1. The number of carbonyl (C=O) groups excluding carboxylic acids is 1. The van der Waals surface area contributed by atoms with Gasteiger partial charge in [-0.25, -0.2) is 0 Å². The topological polar surface area (TPSA) is 35.5 Å². The van der Waals surface area contributed by atoms with E-state index in [1.54, 1.807) is 13.2 Å². The molecule has 2 aromatic rings. The second-order valence-corrected chi connectivity index (χ2v) is 4.96. The Labute approximate surface area is 118 Å². The normalized spacial score (nSPS) is 17.9. The highest BCUT2D eigenvalue weighted by Gasteiger charge is 2.24. The van der Waals surface area contributed by atoms with Gasteiger partial charge in [0.05, 0.1) is 13.5 Å². The lowest BCUT2D eigenvalue weighted by Gasteiger charge is -2.13. The van der Waals surface area contributed by atoms with Gasteiger partial charge in [-0.3, -0.25) is 4.79 Å². The SMILES string of the molecule is COc1ccc2c(c1)C[C@@H](c1ccccc1)CC(=O)O2. The van der Waals surface area contributed by atoms with E-state index in [1.807, 2.05) is 30.3 Å². The molecular formula is C17H16O3. The molecule has 0 radical (unpaired) electrons. The lowest BCUT2D eigenvalue weighted by molar-refractivity contribution is -0.134. The monoisotopic (exact) mass is 268 g/mol. The number of methoxy groups -OCH3 is 1. The molecule has 1 heterocycles. The summed E-state index contributed by atoms with van der Waals surface area (Å²) in [4.78, 5) is 11.9. The largest absolute Gasteiger partial charge is 0.497 e. The van der Waals surface area contributed by atoms with E-state index >= 15 is 0 Å². The fraction of sp³-hybridized carbons (Fsp3) is 0.235. The van der Waals surface area contributed by atoms with Crippen molar-refractivity contribution in [3.05, 3.63) is 59.7 Å². The van der Waals surface area contributed by atoms with Gasteiger partial charge in [-0.2, -0.15) is 0 Å². The predicted molar refractivity (Wildman–Crippen MR) is 76.1 cm³/mol. The van der Waals surface area contributed by atoms with Crippen molar-refractivity contribution in [1.82, 2.24) is 0 Å². The molecule has 1 aliphatic rings. The van der Waals surface area contributed by atoms with Gasteiger partial charge in [0.2, 0.25) is 0 Å². The van der Waals surface area contributed by atoms with Crippen LogP contribution < -0.4 is 9.47 Å². The molecule has 0 N–H and O–H groups in total. The van der Waals surface area contributed by atoms with Crippen LogP contribution in [0.2, 0.25) is 0 Å². The maximum Gasteiger partial charge on any atom is 0.311 e. The Bertz CT molecular complexity index is 619. The first kappa shape index (κ1) is 12.7. The molecule has 1 aliphatic heterocycles. The average Bonchev–Trinajstić information content (AvgIpc) is 2.65. The molecular weight excluding hydrogens is 252 g/mol. The van der Waals surface area contributed by atoms with Crippen molar-refractivity contribution in [3.63, 3.8) is 0 Å². The molecule has 3 nitrogen and oxygen atoms in total. The van der Waals surface area contributed by atoms with Gasteiger partial charge >= 0.3 is 5.97 Å². The summed E-state index contributed by atoms with van der Waals surface area (Å²) in [6.45, 7) is 0. The van der Waals surface area contributed by atoms with E-state index in [9.17, 15) is 4.79 Å². The molecule has 0 aromatic heterocycles. The van der Waals surface area contributed by atoms with Crippen LogP contribution in [0.5, 0.6) is 11.5 Å². The molecule has 20 heavy (non-hydrogen) atoms. The van der Waals surface area contributed by atoms with E-state index in [-0.39, 0.29) is 11.9 Å². The molecule has 0 bridgehead atoms. The number of benzene rings is 2. The van der Waals surface area contributed by atoms with E-state index in [2.05, 4.69) is 12.1 Å². The second-order valence-electron chi connectivity index (χ2n) is 4.96. The number of rotatable bonds is 2. The zero-order valence-corrected chi connectivity index (χ0v) is 11.3. The Morgan fingerprint density at radius 3 is 2.65 bits per heavy atom. The summed E-state index contributed by atoms with van der Waals surface area (Å²) in [7, 11) is 1.64. The van der Waals surface area contributed by atoms with Gasteiger partial charge in [-0.1, -0.05) is 30.3 Å². The van der Waals surface area contributed by atoms with Crippen molar-refractivity contribution in [1.29, 1.82) is 0 Å². The van der Waals surface area contributed by atoms with E-state index < -0.39 is 0 Å². The molecule has 102 valence electrons. The van der Waals surface area contributed by atoms with Crippen molar-refractivity contribution in [2.45, 2.75) is 18.8 Å². The maximum atomic E-state index is 11.9. The molecule has 2 aromatic carbocycles. The standard InChI is InChI=1S/C17H16O3/c1-19-15-7-8-16-14(10-15)9-13(11-17(18)20-16)12-5-3-2-4-6-12/h2-8,10,13H,9,11H2,1H3/t13-/m1/s1. The summed E-state index contributed by atoms with van der Waals surface area (Å²) >= 11 is 0. The Hall–Kier alpha value is -2.29. The third-order valence-corrected chi connectivity index (χ3v) is 3.64. The lowest BCUT2D eigenvalue weighted by atomic mass is 9.90. The predicted octanol–water partition coefficient (Wildman–Crippen LogP) is 3.33. The van der Waals surface area contributed by atoms with Gasteiger partial charge < -0.3 is 9.47 Å². The first-order chi connectivity index (χ1) is 9.76. The minimum Gasteiger partial charge on any atom is -0.497 e. The van der Waals surface area contributed by atoms with Crippen molar-refractivity contribution in [2.75, 3.05) is 7.11 Å². The summed E-state index contributed by atoms with van der Waals surface area (Å²) in [5, 5.41) is 0. The molecule has 0 saturated carbocycles. The quantitative estimate of drug-likeness (QED) is 0.619. The van der Waals surface area contributed by atoms with Crippen LogP contribution >= 0.6 is 0 Å². The van der Waals surface area contributed by atoms with Crippen molar-refractivity contribution >= 4 is 5.97 Å². The van der Waals surface area contributed by atoms with Crippen LogP contribution in [0.15, 0.2) is 48.5 Å². The summed E-state index contributed by atoms with van der Waals surface area (Å²) in [6.07, 6.45) is 1.18. The van der Waals surface area contributed by atoms with Crippen LogP contribution in [0.1, 0.15) is 23.5 Å². The Balaban J connectivity index is 1.98. The molecule has 3 heteroatoms. The highest BCUT2D eigenvalue weighted by atomic mass is 16.5. The first-order valence-electron chi connectivity index (χ1n) is 6.69. The van der Waals surface area contributed by atoms with Gasteiger partial charge in [0, 0.05) is 0 Å². The van der Waals surface area contributed by atoms with Crippen LogP contribution in [0, 0.1) is 0 Å². The zero-order valence-electron chi connectivity index (χ0n) is 11.3. The van der Waals surface area contributed by atoms with Gasteiger partial charge in [0.15, 0.2) is 0 Å². The second kappa shape index (κ2) is 5.37. The zero-order chi connectivity index (χ0) is 13.9. The summed E-state index contributed by atoms with van der Waals surface area (Å²) in [6, 6.07) is 15.7. The van der Waals surface area contributed by atoms with Gasteiger partial charge in [-0.15, -0.1) is 0 Å². The van der Waals surface area contributed by atoms with E-state index in [0.717, 1.165) is 17.7 Å². The molecule has 0 aliphatic carbocycles. The number of hydrogen-bond donors (Lipinski definition) is 0. The van der Waals surface area contributed by atoms with E-state index in [4.69, 9.17) is 9.47 Å². The number of ether oxygens (including phenoxy) is 2. The summed E-state index contributed by atoms with van der Waals surface area (Å²) in [5.74, 6) is 1.41. The Morgan fingerprint density at radius 1 is 1.10 bits per heavy atom. The third kappa shape index (κ3) is 2.52. The first-order valence-corrected chi connectivity index (χ1v) is 6.69. The fourth-order valence-corrected chi connectivity index (χ4v) is 2.61. The van der Waals surface area contributed by atoms with E-state index in [0.29, 0.717) is 12.2 Å². The van der Waals surface area contributed by atoms with Crippen LogP contribution in [0.25, 0.3) is 0 Å². The molecule has 3 rings (SSSR count). The van der Waals surface area contributed by atoms with Crippen molar-refractivity contribution < 1.29 is 14.3 Å². The van der Waals surface area contributed by atoms with Crippen LogP contribution in [0.3, 0.4) is 0 Å². The number of fused-ring (bicyclic) bond motifs is 1. The molecule has 0 unspecified atom stereocenters. The van der Waals surface area contributed by atoms with Crippen LogP contribution in [-0.2, 0) is 11.2 Å². The third-order valence-electron chi connectivity index (χ3n) is 3.64. The van der Waals surface area contributed by atoms with Crippen molar-refractivity contribution in [2.24, 2.45) is 0 Å². The molecule has 0 fully saturated rings.